The first kappa shape index (κ1) is 19.0. The van der Waals surface area contributed by atoms with E-state index in [0.717, 1.165) is 5.56 Å². The molecule has 8 heteroatoms. The molecule has 1 N–H and O–H groups in total. The molecule has 0 radical (unpaired) electrons. The van der Waals surface area contributed by atoms with Crippen LogP contribution in [-0.4, -0.2) is 48.7 Å². The Kier molecular flexibility index (Phi) is 5.23. The minimum absolute atomic E-state index is 0.283. The van der Waals surface area contributed by atoms with Crippen LogP contribution >= 0.6 is 0 Å². The third kappa shape index (κ3) is 3.34. The van der Waals surface area contributed by atoms with Gasteiger partial charge in [-0.25, -0.2) is 9.48 Å². The number of nitrogens with one attached hydrogen (secondary N) is 1. The Morgan fingerprint density at radius 2 is 2.07 bits per heavy atom. The van der Waals surface area contributed by atoms with Crippen molar-refractivity contribution in [3.63, 3.8) is 0 Å². The summed E-state index contributed by atoms with van der Waals surface area (Å²) in [6, 6.07) is 11.5. The van der Waals surface area contributed by atoms with Gasteiger partial charge < -0.3 is 19.7 Å². The molecule has 0 aliphatic carbocycles. The van der Waals surface area contributed by atoms with Crippen molar-refractivity contribution in [3.05, 3.63) is 52.7 Å². The molecule has 150 valence electrons. The summed E-state index contributed by atoms with van der Waals surface area (Å²) in [5.41, 5.74) is 2.52. The number of morpholine rings is 1. The molecule has 0 unspecified atom stereocenters. The van der Waals surface area contributed by atoms with E-state index in [-0.39, 0.29) is 12.6 Å². The van der Waals surface area contributed by atoms with Crippen LogP contribution in [0.5, 0.6) is 0 Å². The average Bonchev–Trinajstić information content (AvgIpc) is 3.12. The normalized spacial score (nSPS) is 18.7. The fourth-order valence-corrected chi connectivity index (χ4v) is 3.82. The first-order valence-electron chi connectivity index (χ1n) is 9.70. The highest BCUT2D eigenvalue weighted by Gasteiger charge is 2.37. The summed E-state index contributed by atoms with van der Waals surface area (Å²) in [6.07, 6.45) is 0. The smallest absolute Gasteiger partial charge is 0.338 e. The summed E-state index contributed by atoms with van der Waals surface area (Å²) in [6.45, 7) is 6.41. The van der Waals surface area contributed by atoms with E-state index in [0.29, 0.717) is 54.8 Å². The highest BCUT2D eigenvalue weighted by Crippen LogP contribution is 2.40. The summed E-state index contributed by atoms with van der Waals surface area (Å²) in [5, 5.41) is 17.9. The fourth-order valence-electron chi connectivity index (χ4n) is 3.82. The van der Waals surface area contributed by atoms with Crippen LogP contribution in [0.3, 0.4) is 0 Å². The number of aromatic nitrogens is 2. The van der Waals surface area contributed by atoms with Crippen LogP contribution in [-0.2, 0) is 14.3 Å². The van der Waals surface area contributed by atoms with E-state index in [4.69, 9.17) is 14.6 Å². The minimum Gasteiger partial charge on any atom is -0.463 e. The Balaban J connectivity index is 1.88. The first-order chi connectivity index (χ1) is 14.2. The molecule has 0 amide bonds. The van der Waals surface area contributed by atoms with Gasteiger partial charge in [0.25, 0.3) is 0 Å². The highest BCUT2D eigenvalue weighted by atomic mass is 16.5. The number of anilines is 2. The third-order valence-corrected chi connectivity index (χ3v) is 5.15. The van der Waals surface area contributed by atoms with Gasteiger partial charge in [-0.2, -0.15) is 10.4 Å². The molecule has 1 aromatic carbocycles. The zero-order chi connectivity index (χ0) is 20.4. The van der Waals surface area contributed by atoms with Gasteiger partial charge in [0, 0.05) is 18.8 Å². The van der Waals surface area contributed by atoms with Crippen molar-refractivity contribution in [1.82, 2.24) is 9.78 Å². The molecule has 2 aliphatic heterocycles. The van der Waals surface area contributed by atoms with Crippen molar-refractivity contribution in [2.45, 2.75) is 19.9 Å². The maximum absolute atomic E-state index is 12.8. The molecule has 0 saturated carbocycles. The number of rotatable bonds is 4. The Bertz CT molecular complexity index is 984. The standard InChI is InChI=1S/C21H23N5O3/c1-3-29-21(27)17-14(2)23-19-16(13-22)20(25-9-11-28-12-10-25)24-26(19)18(17)15-7-5-4-6-8-15/h4-8,18,23H,3,9-12H2,1-2H3/t18-/m0/s1. The molecule has 0 bridgehead atoms. The maximum atomic E-state index is 12.8. The molecule has 2 aromatic rings. The van der Waals surface area contributed by atoms with Crippen LogP contribution in [0.2, 0.25) is 0 Å². The lowest BCUT2D eigenvalue weighted by molar-refractivity contribution is -0.139. The number of nitriles is 1. The zero-order valence-electron chi connectivity index (χ0n) is 16.5. The molecule has 1 atom stereocenters. The van der Waals surface area contributed by atoms with Crippen molar-refractivity contribution in [2.75, 3.05) is 43.1 Å². The Labute approximate surface area is 169 Å². The van der Waals surface area contributed by atoms with Crippen LogP contribution in [0.25, 0.3) is 0 Å². The summed E-state index contributed by atoms with van der Waals surface area (Å²) in [5.74, 6) is 0.810. The van der Waals surface area contributed by atoms with Crippen molar-refractivity contribution in [3.8, 4) is 6.07 Å². The number of hydrogen-bond acceptors (Lipinski definition) is 7. The Morgan fingerprint density at radius 3 is 2.72 bits per heavy atom. The topological polar surface area (TPSA) is 92.4 Å². The molecular formula is C21H23N5O3. The molecule has 2 aliphatic rings. The van der Waals surface area contributed by atoms with Gasteiger partial charge in [0.15, 0.2) is 5.82 Å². The van der Waals surface area contributed by atoms with Gasteiger partial charge in [0.1, 0.15) is 23.5 Å². The number of carbonyl (C=O) groups is 1. The van der Waals surface area contributed by atoms with E-state index in [2.05, 4.69) is 16.3 Å². The van der Waals surface area contributed by atoms with E-state index >= 15 is 0 Å². The summed E-state index contributed by atoms with van der Waals surface area (Å²) in [4.78, 5) is 14.9. The van der Waals surface area contributed by atoms with E-state index in [9.17, 15) is 10.1 Å². The number of allylic oxidation sites excluding steroid dienone is 1. The Morgan fingerprint density at radius 1 is 1.34 bits per heavy atom. The second-order valence-corrected chi connectivity index (χ2v) is 6.90. The Hall–Kier alpha value is -3.31. The zero-order valence-corrected chi connectivity index (χ0v) is 16.5. The predicted octanol–water partition coefficient (Wildman–Crippen LogP) is 2.44. The van der Waals surface area contributed by atoms with Crippen LogP contribution in [0, 0.1) is 11.3 Å². The second-order valence-electron chi connectivity index (χ2n) is 6.90. The van der Waals surface area contributed by atoms with Crippen molar-refractivity contribution < 1.29 is 14.3 Å². The molecule has 1 aromatic heterocycles. The number of nitrogens with zero attached hydrogens (tertiary/aromatic N) is 4. The van der Waals surface area contributed by atoms with Crippen molar-refractivity contribution >= 4 is 17.6 Å². The summed E-state index contributed by atoms with van der Waals surface area (Å²) >= 11 is 0. The monoisotopic (exact) mass is 393 g/mol. The van der Waals surface area contributed by atoms with Gasteiger partial charge >= 0.3 is 5.97 Å². The van der Waals surface area contributed by atoms with Crippen molar-refractivity contribution in [2.24, 2.45) is 0 Å². The average molecular weight is 393 g/mol. The van der Waals surface area contributed by atoms with E-state index in [1.807, 2.05) is 37.3 Å². The van der Waals surface area contributed by atoms with Crippen LogP contribution in [0.4, 0.5) is 11.6 Å². The van der Waals surface area contributed by atoms with Gasteiger partial charge in [-0.1, -0.05) is 30.3 Å². The number of benzene rings is 1. The third-order valence-electron chi connectivity index (χ3n) is 5.15. The lowest BCUT2D eigenvalue weighted by atomic mass is 9.95. The van der Waals surface area contributed by atoms with Gasteiger partial charge in [0.05, 0.1) is 25.4 Å². The van der Waals surface area contributed by atoms with E-state index in [1.54, 1.807) is 11.6 Å². The van der Waals surface area contributed by atoms with E-state index in [1.165, 1.54) is 0 Å². The van der Waals surface area contributed by atoms with Crippen molar-refractivity contribution in [1.29, 1.82) is 5.26 Å². The quantitative estimate of drug-likeness (QED) is 0.798. The van der Waals surface area contributed by atoms with Gasteiger partial charge in [-0.3, -0.25) is 0 Å². The molecule has 1 fully saturated rings. The van der Waals surface area contributed by atoms with E-state index < -0.39 is 6.04 Å². The molecule has 3 heterocycles. The predicted molar refractivity (Wildman–Crippen MR) is 108 cm³/mol. The lowest BCUT2D eigenvalue weighted by Crippen LogP contribution is -2.37. The minimum atomic E-state index is -0.478. The number of fused-ring (bicyclic) bond motifs is 1. The van der Waals surface area contributed by atoms with Crippen LogP contribution in [0.15, 0.2) is 41.6 Å². The highest BCUT2D eigenvalue weighted by molar-refractivity contribution is 5.93. The fraction of sp³-hybridized carbons (Fsp3) is 0.381. The summed E-state index contributed by atoms with van der Waals surface area (Å²) in [7, 11) is 0. The molecule has 29 heavy (non-hydrogen) atoms. The molecule has 4 rings (SSSR count). The maximum Gasteiger partial charge on any atom is 0.338 e. The van der Waals surface area contributed by atoms with Gasteiger partial charge in [0.2, 0.25) is 0 Å². The van der Waals surface area contributed by atoms with Crippen LogP contribution in [0.1, 0.15) is 31.0 Å². The summed E-state index contributed by atoms with van der Waals surface area (Å²) < 4.78 is 12.5. The van der Waals surface area contributed by atoms with Gasteiger partial charge in [-0.15, -0.1) is 0 Å². The first-order valence-corrected chi connectivity index (χ1v) is 9.70. The number of carbonyl (C=O) groups excluding carboxylic acids is 1. The SMILES string of the molecule is CCOC(=O)C1=C(C)Nc2c(C#N)c(N3CCOCC3)nn2[C@H]1c1ccccc1. The molecule has 1 saturated heterocycles. The number of hydrogen-bond donors (Lipinski definition) is 1. The molecular weight excluding hydrogens is 370 g/mol. The lowest BCUT2D eigenvalue weighted by Gasteiger charge is -2.29. The number of ether oxygens (including phenoxy) is 2. The van der Waals surface area contributed by atoms with Crippen LogP contribution < -0.4 is 10.2 Å². The number of esters is 1. The van der Waals surface area contributed by atoms with Gasteiger partial charge in [-0.05, 0) is 19.4 Å². The largest absolute Gasteiger partial charge is 0.463 e. The molecule has 0 spiro atoms. The second kappa shape index (κ2) is 7.97. The molecule has 8 nitrogen and oxygen atoms in total.